The summed E-state index contributed by atoms with van der Waals surface area (Å²) in [5.74, 6) is 1.39. The second kappa shape index (κ2) is 8.37. The summed E-state index contributed by atoms with van der Waals surface area (Å²) in [6, 6.07) is 11.0. The standard InChI is InChI=1S/C22H24N4O2S/c1-15-9-10-19(23-12-15)26-21(28)17-7-3-4-8-18(17)24-22(26)29-14-20(27)25-11-5-6-16(2)13-25/h3-4,7-10,12,16H,5-6,11,13-14H2,1-2H3. The number of pyridine rings is 1. The second-order valence-electron chi connectivity index (χ2n) is 7.62. The number of carbonyl (C=O) groups is 1. The minimum absolute atomic E-state index is 0.0902. The van der Waals surface area contributed by atoms with Crippen molar-refractivity contribution in [3.05, 3.63) is 58.5 Å². The first-order chi connectivity index (χ1) is 14.0. The van der Waals surface area contributed by atoms with Crippen molar-refractivity contribution in [2.24, 2.45) is 5.92 Å². The highest BCUT2D eigenvalue weighted by Gasteiger charge is 2.22. The van der Waals surface area contributed by atoms with Gasteiger partial charge in [-0.2, -0.15) is 0 Å². The molecule has 0 N–H and O–H groups in total. The van der Waals surface area contributed by atoms with Crippen LogP contribution >= 0.6 is 11.8 Å². The van der Waals surface area contributed by atoms with E-state index >= 15 is 0 Å². The van der Waals surface area contributed by atoms with E-state index in [0.717, 1.165) is 25.1 Å². The number of nitrogens with zero attached hydrogens (tertiary/aromatic N) is 4. The van der Waals surface area contributed by atoms with Crippen LogP contribution in [-0.4, -0.2) is 44.2 Å². The number of aromatic nitrogens is 3. The molecule has 1 aliphatic heterocycles. The molecule has 1 unspecified atom stereocenters. The van der Waals surface area contributed by atoms with E-state index in [1.165, 1.54) is 22.7 Å². The maximum Gasteiger partial charge on any atom is 0.267 e. The van der Waals surface area contributed by atoms with Gasteiger partial charge in [0.05, 0.1) is 16.7 Å². The third-order valence-corrected chi connectivity index (χ3v) is 6.13. The second-order valence-corrected chi connectivity index (χ2v) is 8.56. The van der Waals surface area contributed by atoms with Crippen molar-refractivity contribution in [2.75, 3.05) is 18.8 Å². The van der Waals surface area contributed by atoms with Gasteiger partial charge in [0.1, 0.15) is 5.82 Å². The monoisotopic (exact) mass is 408 g/mol. The van der Waals surface area contributed by atoms with Gasteiger partial charge in [-0.25, -0.2) is 14.5 Å². The molecule has 6 nitrogen and oxygen atoms in total. The summed E-state index contributed by atoms with van der Waals surface area (Å²) in [5.41, 5.74) is 1.47. The molecule has 0 saturated carbocycles. The Labute approximate surface area is 174 Å². The fourth-order valence-corrected chi connectivity index (χ4v) is 4.54. The summed E-state index contributed by atoms with van der Waals surface area (Å²) in [6.07, 6.45) is 3.94. The highest BCUT2D eigenvalue weighted by atomic mass is 32.2. The van der Waals surface area contributed by atoms with E-state index in [9.17, 15) is 9.59 Å². The zero-order valence-electron chi connectivity index (χ0n) is 16.7. The Hall–Kier alpha value is -2.67. The molecule has 7 heteroatoms. The predicted octanol–water partition coefficient (Wildman–Crippen LogP) is 3.44. The molecule has 0 spiro atoms. The van der Waals surface area contributed by atoms with E-state index in [-0.39, 0.29) is 17.2 Å². The first-order valence-electron chi connectivity index (χ1n) is 9.88. The number of rotatable bonds is 4. The minimum Gasteiger partial charge on any atom is -0.342 e. The lowest BCUT2D eigenvalue weighted by atomic mass is 10.0. The number of benzene rings is 1. The van der Waals surface area contributed by atoms with Crippen molar-refractivity contribution in [1.82, 2.24) is 19.4 Å². The minimum atomic E-state index is -0.173. The van der Waals surface area contributed by atoms with Gasteiger partial charge in [-0.1, -0.05) is 36.9 Å². The van der Waals surface area contributed by atoms with Crippen LogP contribution in [0.1, 0.15) is 25.3 Å². The molecule has 0 bridgehead atoms. The van der Waals surface area contributed by atoms with Crippen LogP contribution < -0.4 is 5.56 Å². The van der Waals surface area contributed by atoms with E-state index in [1.807, 2.05) is 42.2 Å². The van der Waals surface area contributed by atoms with Crippen molar-refractivity contribution in [3.8, 4) is 5.82 Å². The van der Waals surface area contributed by atoms with Crippen LogP contribution in [0.2, 0.25) is 0 Å². The number of piperidine rings is 1. The average Bonchev–Trinajstić information content (AvgIpc) is 2.73. The molecule has 1 aromatic carbocycles. The van der Waals surface area contributed by atoms with E-state index in [2.05, 4.69) is 16.9 Å². The molecule has 1 amide bonds. The summed E-state index contributed by atoms with van der Waals surface area (Å²) in [4.78, 5) is 37.0. The van der Waals surface area contributed by atoms with Crippen LogP contribution in [0.5, 0.6) is 0 Å². The highest BCUT2D eigenvalue weighted by Crippen LogP contribution is 2.22. The summed E-state index contributed by atoms with van der Waals surface area (Å²) in [5, 5.41) is 1.03. The number of thioether (sulfide) groups is 1. The molecule has 1 saturated heterocycles. The Morgan fingerprint density at radius 1 is 1.24 bits per heavy atom. The lowest BCUT2D eigenvalue weighted by Gasteiger charge is -2.30. The van der Waals surface area contributed by atoms with Crippen LogP contribution in [0, 0.1) is 12.8 Å². The third kappa shape index (κ3) is 4.19. The Balaban J connectivity index is 1.69. The smallest absolute Gasteiger partial charge is 0.267 e. The molecule has 3 heterocycles. The number of fused-ring (bicyclic) bond motifs is 1. The van der Waals surface area contributed by atoms with Gasteiger partial charge in [0.2, 0.25) is 5.91 Å². The molecule has 0 radical (unpaired) electrons. The van der Waals surface area contributed by atoms with Crippen LogP contribution in [0.25, 0.3) is 16.7 Å². The topological polar surface area (TPSA) is 68.1 Å². The Kier molecular flexibility index (Phi) is 5.67. The van der Waals surface area contributed by atoms with E-state index in [4.69, 9.17) is 0 Å². The summed E-state index contributed by atoms with van der Waals surface area (Å²) >= 11 is 1.30. The summed E-state index contributed by atoms with van der Waals surface area (Å²) in [6.45, 7) is 5.74. The van der Waals surface area contributed by atoms with Crippen LogP contribution in [-0.2, 0) is 4.79 Å². The Bertz CT molecular complexity index is 1090. The molecular formula is C22H24N4O2S. The van der Waals surface area contributed by atoms with Gasteiger partial charge in [-0.15, -0.1) is 0 Å². The lowest BCUT2D eigenvalue weighted by Crippen LogP contribution is -2.40. The highest BCUT2D eigenvalue weighted by molar-refractivity contribution is 7.99. The van der Waals surface area contributed by atoms with E-state index in [1.54, 1.807) is 12.3 Å². The van der Waals surface area contributed by atoms with Gasteiger partial charge in [0.15, 0.2) is 5.16 Å². The van der Waals surface area contributed by atoms with Gasteiger partial charge in [0, 0.05) is 19.3 Å². The van der Waals surface area contributed by atoms with Gasteiger partial charge in [0.25, 0.3) is 5.56 Å². The Morgan fingerprint density at radius 2 is 2.07 bits per heavy atom. The molecule has 1 aliphatic rings. The number of hydrogen-bond acceptors (Lipinski definition) is 5. The maximum absolute atomic E-state index is 13.2. The predicted molar refractivity (Wildman–Crippen MR) is 116 cm³/mol. The van der Waals surface area contributed by atoms with Crippen molar-refractivity contribution in [2.45, 2.75) is 31.8 Å². The number of para-hydroxylation sites is 1. The normalized spacial score (nSPS) is 16.9. The fraction of sp³-hybridized carbons (Fsp3) is 0.364. The zero-order valence-corrected chi connectivity index (χ0v) is 17.5. The van der Waals surface area contributed by atoms with Crippen molar-refractivity contribution in [1.29, 1.82) is 0 Å². The first-order valence-corrected chi connectivity index (χ1v) is 10.9. The van der Waals surface area contributed by atoms with Crippen molar-refractivity contribution in [3.63, 3.8) is 0 Å². The molecule has 4 rings (SSSR count). The van der Waals surface area contributed by atoms with Gasteiger partial charge in [-0.3, -0.25) is 9.59 Å². The molecule has 1 atom stereocenters. The van der Waals surface area contributed by atoms with Gasteiger partial charge < -0.3 is 4.90 Å². The number of likely N-dealkylation sites (tertiary alicyclic amines) is 1. The fourth-order valence-electron chi connectivity index (χ4n) is 3.64. The molecule has 29 heavy (non-hydrogen) atoms. The van der Waals surface area contributed by atoms with Gasteiger partial charge in [-0.05, 0) is 49.4 Å². The van der Waals surface area contributed by atoms with Crippen molar-refractivity contribution >= 4 is 28.6 Å². The number of aryl methyl sites for hydroxylation is 1. The summed E-state index contributed by atoms with van der Waals surface area (Å²) < 4.78 is 1.51. The molecular weight excluding hydrogens is 384 g/mol. The summed E-state index contributed by atoms with van der Waals surface area (Å²) in [7, 11) is 0. The van der Waals surface area contributed by atoms with Crippen molar-refractivity contribution < 1.29 is 4.79 Å². The number of carbonyl (C=O) groups excluding carboxylic acids is 1. The third-order valence-electron chi connectivity index (χ3n) is 5.20. The molecule has 150 valence electrons. The van der Waals surface area contributed by atoms with E-state index < -0.39 is 0 Å². The largest absolute Gasteiger partial charge is 0.342 e. The SMILES string of the molecule is Cc1ccc(-n2c(SCC(=O)N3CCCC(C)C3)nc3ccccc3c2=O)nc1. The van der Waals surface area contributed by atoms with E-state index in [0.29, 0.717) is 27.8 Å². The number of amides is 1. The zero-order chi connectivity index (χ0) is 20.4. The van der Waals surface area contributed by atoms with Crippen LogP contribution in [0.15, 0.2) is 52.5 Å². The maximum atomic E-state index is 13.2. The molecule has 3 aromatic rings. The lowest BCUT2D eigenvalue weighted by molar-refractivity contribution is -0.130. The number of hydrogen-bond donors (Lipinski definition) is 0. The first kappa shape index (κ1) is 19.6. The van der Waals surface area contributed by atoms with Crippen LogP contribution in [0.3, 0.4) is 0 Å². The molecule has 0 aliphatic carbocycles. The van der Waals surface area contributed by atoms with Crippen LogP contribution in [0.4, 0.5) is 0 Å². The quantitative estimate of drug-likeness (QED) is 0.489. The van der Waals surface area contributed by atoms with Gasteiger partial charge >= 0.3 is 0 Å². The Morgan fingerprint density at radius 3 is 2.83 bits per heavy atom. The molecule has 1 fully saturated rings. The molecule has 2 aromatic heterocycles. The average molecular weight is 409 g/mol.